The van der Waals surface area contributed by atoms with Crippen LogP contribution in [0.1, 0.15) is 26.3 Å². The molecule has 0 saturated heterocycles. The van der Waals surface area contributed by atoms with Crippen LogP contribution in [0.15, 0.2) is 46.7 Å². The molecule has 2 aromatic carbocycles. The first kappa shape index (κ1) is 23.1. The van der Waals surface area contributed by atoms with Crippen LogP contribution in [-0.4, -0.2) is 38.6 Å². The summed E-state index contributed by atoms with van der Waals surface area (Å²) in [6.07, 6.45) is 0. The van der Waals surface area contributed by atoms with Crippen molar-refractivity contribution in [3.05, 3.63) is 52.0 Å². The smallest absolute Gasteiger partial charge is 0.234 e. The first-order valence-electron chi connectivity index (χ1n) is 9.22. The Balaban J connectivity index is 1.69. The van der Waals surface area contributed by atoms with E-state index in [1.165, 1.54) is 16.4 Å². The molecule has 0 fully saturated rings. The lowest BCUT2D eigenvalue weighted by Gasteiger charge is -2.20. The van der Waals surface area contributed by atoms with Gasteiger partial charge in [0.25, 0.3) is 0 Å². The lowest BCUT2D eigenvalue weighted by atomic mass is 9.87. The molecule has 0 bridgehead atoms. The molecule has 0 radical (unpaired) electrons. The average Bonchev–Trinajstić information content (AvgIpc) is 3.16. The lowest BCUT2D eigenvalue weighted by molar-refractivity contribution is -0.113. The van der Waals surface area contributed by atoms with E-state index in [2.05, 4.69) is 58.9 Å². The number of tetrazole rings is 1. The molecule has 0 aliphatic carbocycles. The predicted molar refractivity (Wildman–Crippen MR) is 127 cm³/mol. The maximum Gasteiger partial charge on any atom is 0.234 e. The van der Waals surface area contributed by atoms with Gasteiger partial charge in [0.05, 0.1) is 32.9 Å². The number of aromatic nitrogens is 4. The topological polar surface area (TPSA) is 97.1 Å². The van der Waals surface area contributed by atoms with Gasteiger partial charge in [-0.05, 0) is 51.7 Å². The van der Waals surface area contributed by atoms with Crippen LogP contribution < -0.4 is 10.7 Å². The van der Waals surface area contributed by atoms with Crippen LogP contribution in [0.3, 0.4) is 0 Å². The first-order valence-corrected chi connectivity index (χ1v) is 11.0. The highest BCUT2D eigenvalue weighted by molar-refractivity contribution is 7.99. The van der Waals surface area contributed by atoms with E-state index >= 15 is 0 Å². The van der Waals surface area contributed by atoms with Crippen molar-refractivity contribution in [1.82, 2.24) is 20.2 Å². The molecule has 0 atom stereocenters. The number of rotatable bonds is 7. The van der Waals surface area contributed by atoms with Crippen molar-refractivity contribution in [2.75, 3.05) is 16.5 Å². The van der Waals surface area contributed by atoms with Gasteiger partial charge >= 0.3 is 0 Å². The second-order valence-corrected chi connectivity index (χ2v) is 9.35. The van der Waals surface area contributed by atoms with E-state index < -0.39 is 0 Å². The molecule has 1 amide bonds. The molecule has 1 heterocycles. The van der Waals surface area contributed by atoms with Gasteiger partial charge in [0.1, 0.15) is 0 Å². The van der Waals surface area contributed by atoms with Crippen LogP contribution in [0.2, 0.25) is 10.0 Å². The molecular formula is C20H21Cl2N7OS. The third-order valence-electron chi connectivity index (χ3n) is 4.27. The minimum atomic E-state index is -0.252. The molecule has 11 heteroatoms. The van der Waals surface area contributed by atoms with Gasteiger partial charge in [0, 0.05) is 6.72 Å². The van der Waals surface area contributed by atoms with E-state index in [0.29, 0.717) is 32.3 Å². The molecule has 1 aromatic heterocycles. The number of benzene rings is 2. The Kier molecular flexibility index (Phi) is 7.19. The minimum Gasteiger partial charge on any atom is -0.324 e. The molecule has 0 spiro atoms. The van der Waals surface area contributed by atoms with Crippen molar-refractivity contribution in [1.29, 1.82) is 0 Å². The number of thioether (sulfide) groups is 1. The van der Waals surface area contributed by atoms with Crippen LogP contribution in [0.4, 0.5) is 11.4 Å². The Morgan fingerprint density at radius 1 is 1.19 bits per heavy atom. The highest BCUT2D eigenvalue weighted by Crippen LogP contribution is 2.30. The second-order valence-electron chi connectivity index (χ2n) is 7.59. The Bertz CT molecular complexity index is 1110. The monoisotopic (exact) mass is 477 g/mol. The summed E-state index contributed by atoms with van der Waals surface area (Å²) in [6.45, 7) is 9.69. The predicted octanol–water partition coefficient (Wildman–Crippen LogP) is 5.02. The highest BCUT2D eigenvalue weighted by Gasteiger charge is 2.18. The number of nitrogens with one attached hydrogen (secondary N) is 2. The Morgan fingerprint density at radius 2 is 1.97 bits per heavy atom. The Morgan fingerprint density at radius 3 is 2.61 bits per heavy atom. The molecule has 0 aliphatic rings. The van der Waals surface area contributed by atoms with Crippen molar-refractivity contribution < 1.29 is 4.79 Å². The van der Waals surface area contributed by atoms with Gasteiger partial charge in [0.2, 0.25) is 11.1 Å². The van der Waals surface area contributed by atoms with E-state index in [-0.39, 0.29) is 17.1 Å². The summed E-state index contributed by atoms with van der Waals surface area (Å²) in [7, 11) is 0. The molecule has 2 N–H and O–H groups in total. The summed E-state index contributed by atoms with van der Waals surface area (Å²) in [5.41, 5.74) is 5.56. The van der Waals surface area contributed by atoms with Crippen LogP contribution in [-0.2, 0) is 10.2 Å². The fourth-order valence-electron chi connectivity index (χ4n) is 2.66. The summed E-state index contributed by atoms with van der Waals surface area (Å²) in [4.78, 5) is 12.4. The molecule has 0 aliphatic heterocycles. The minimum absolute atomic E-state index is 0.0316. The van der Waals surface area contributed by atoms with E-state index in [1.54, 1.807) is 18.2 Å². The number of carbonyl (C=O) groups excluding carboxylic acids is 1. The molecule has 162 valence electrons. The largest absolute Gasteiger partial charge is 0.324 e. The molecule has 0 saturated carbocycles. The van der Waals surface area contributed by atoms with E-state index in [0.717, 1.165) is 5.56 Å². The zero-order valence-electron chi connectivity index (χ0n) is 17.2. The number of anilines is 2. The second kappa shape index (κ2) is 9.67. The number of amides is 1. The molecule has 0 unspecified atom stereocenters. The van der Waals surface area contributed by atoms with Crippen molar-refractivity contribution in [3.8, 4) is 5.69 Å². The van der Waals surface area contributed by atoms with Gasteiger partial charge in [-0.2, -0.15) is 9.78 Å². The van der Waals surface area contributed by atoms with Crippen molar-refractivity contribution >= 4 is 59.0 Å². The number of hydrogen-bond acceptors (Lipinski definition) is 7. The first-order chi connectivity index (χ1) is 14.7. The molecular weight excluding hydrogens is 457 g/mol. The maximum atomic E-state index is 12.4. The lowest BCUT2D eigenvalue weighted by Crippen LogP contribution is -2.15. The zero-order valence-corrected chi connectivity index (χ0v) is 19.5. The third kappa shape index (κ3) is 5.75. The fraction of sp³-hybridized carbons (Fsp3) is 0.250. The van der Waals surface area contributed by atoms with Crippen molar-refractivity contribution in [2.45, 2.75) is 31.3 Å². The summed E-state index contributed by atoms with van der Waals surface area (Å²) in [6, 6.07) is 10.8. The van der Waals surface area contributed by atoms with Gasteiger partial charge in [-0.1, -0.05) is 61.8 Å². The van der Waals surface area contributed by atoms with Gasteiger partial charge in [-0.3, -0.25) is 10.2 Å². The highest BCUT2D eigenvalue weighted by atomic mass is 35.5. The van der Waals surface area contributed by atoms with Gasteiger partial charge in [-0.25, -0.2) is 0 Å². The zero-order chi connectivity index (χ0) is 22.6. The number of hydrazone groups is 1. The summed E-state index contributed by atoms with van der Waals surface area (Å²) >= 11 is 13.9. The summed E-state index contributed by atoms with van der Waals surface area (Å²) < 4.78 is 1.52. The Hall–Kier alpha value is -2.62. The summed E-state index contributed by atoms with van der Waals surface area (Å²) in [5, 5.41) is 19.4. The van der Waals surface area contributed by atoms with Crippen LogP contribution in [0.5, 0.6) is 0 Å². The van der Waals surface area contributed by atoms with Gasteiger partial charge in [0.15, 0.2) is 0 Å². The van der Waals surface area contributed by atoms with E-state index in [4.69, 9.17) is 23.2 Å². The van der Waals surface area contributed by atoms with Gasteiger partial charge < -0.3 is 5.32 Å². The fourth-order valence-corrected chi connectivity index (χ4v) is 3.83. The quantitative estimate of drug-likeness (QED) is 0.281. The molecule has 3 aromatic rings. The average molecular weight is 478 g/mol. The SMILES string of the molecule is C=NNc1ccc(NC(=O)CSc2nnnn2-c2ccc(C(C)(C)C)cc2Cl)c(Cl)c1. The molecule has 3 rings (SSSR count). The summed E-state index contributed by atoms with van der Waals surface area (Å²) in [5.74, 6) is -0.166. The molecule has 31 heavy (non-hydrogen) atoms. The van der Waals surface area contributed by atoms with Crippen LogP contribution in [0.25, 0.3) is 5.69 Å². The Labute approximate surface area is 194 Å². The molecule has 8 nitrogen and oxygen atoms in total. The van der Waals surface area contributed by atoms with E-state index in [1.807, 2.05) is 18.2 Å². The van der Waals surface area contributed by atoms with Gasteiger partial charge in [-0.15, -0.1) is 5.10 Å². The van der Waals surface area contributed by atoms with Crippen molar-refractivity contribution in [3.63, 3.8) is 0 Å². The van der Waals surface area contributed by atoms with Crippen LogP contribution >= 0.6 is 35.0 Å². The number of halogens is 2. The van der Waals surface area contributed by atoms with Crippen molar-refractivity contribution in [2.24, 2.45) is 5.10 Å². The normalized spacial score (nSPS) is 11.3. The number of hydrogen-bond donors (Lipinski definition) is 2. The maximum absolute atomic E-state index is 12.4. The number of carbonyl (C=O) groups is 1. The third-order valence-corrected chi connectivity index (χ3v) is 5.80. The number of nitrogens with zero attached hydrogens (tertiary/aromatic N) is 5. The van der Waals surface area contributed by atoms with E-state index in [9.17, 15) is 4.79 Å². The van der Waals surface area contributed by atoms with Crippen LogP contribution in [0, 0.1) is 0 Å². The standard InChI is InChI=1S/C20H21Cl2N7OS/c1-20(2,3)12-5-8-17(15(22)9-12)29-19(26-27-28-29)31-11-18(30)24-16-7-6-13(25-23-4)10-14(16)21/h5-10,25H,4,11H2,1-3H3,(H,24,30).